The van der Waals surface area contributed by atoms with Gasteiger partial charge in [-0.2, -0.15) is 15.5 Å². The first-order valence-electron chi connectivity index (χ1n) is 5.61. The molecule has 0 radical (unpaired) electrons. The summed E-state index contributed by atoms with van der Waals surface area (Å²) in [6.07, 6.45) is 1.38. The number of anilines is 1. The minimum atomic E-state index is 0.0676. The monoisotopic (exact) mass is 261 g/mol. The van der Waals surface area contributed by atoms with Crippen molar-refractivity contribution >= 4 is 17.1 Å². The molecule has 1 aliphatic carbocycles. The number of nitrogens with one attached hydrogen (secondary N) is 2. The number of rotatable bonds is 0. The van der Waals surface area contributed by atoms with Crippen molar-refractivity contribution in [3.63, 3.8) is 0 Å². The fourth-order valence-electron chi connectivity index (χ4n) is 2.10. The van der Waals surface area contributed by atoms with E-state index in [1.54, 1.807) is 12.1 Å². The lowest BCUT2D eigenvalue weighted by molar-refractivity contribution is 1.28. The second kappa shape index (κ2) is 4.04. The number of hydrogen-bond donors (Lipinski definition) is 3. The highest BCUT2D eigenvalue weighted by molar-refractivity contribution is 5.92. The molecule has 2 heterocycles. The van der Waals surface area contributed by atoms with Crippen molar-refractivity contribution in [2.24, 2.45) is 0 Å². The molecular formula is C13H7N7. The molecular weight excluding hydrogens is 254 g/mol. The Morgan fingerprint density at radius 3 is 2.75 bits per heavy atom. The maximum absolute atomic E-state index is 9.05. The Hall–Kier alpha value is -3.45. The molecule has 0 fully saturated rings. The van der Waals surface area contributed by atoms with Crippen LogP contribution in [-0.2, 0) is 0 Å². The van der Waals surface area contributed by atoms with Gasteiger partial charge in [-0.05, 0) is 17.7 Å². The Bertz CT molecular complexity index is 955. The van der Waals surface area contributed by atoms with Gasteiger partial charge in [-0.1, -0.05) is 0 Å². The Morgan fingerprint density at radius 1 is 1.25 bits per heavy atom. The van der Waals surface area contributed by atoms with Gasteiger partial charge in [0.25, 0.3) is 0 Å². The van der Waals surface area contributed by atoms with E-state index in [9.17, 15) is 0 Å². The van der Waals surface area contributed by atoms with E-state index >= 15 is 0 Å². The molecule has 0 atom stereocenters. The molecule has 1 aromatic heterocycles. The number of fused-ring (bicyclic) bond motifs is 3. The van der Waals surface area contributed by atoms with Crippen molar-refractivity contribution in [1.82, 2.24) is 15.0 Å². The van der Waals surface area contributed by atoms with Crippen LogP contribution in [0.2, 0.25) is 0 Å². The first kappa shape index (κ1) is 11.6. The highest BCUT2D eigenvalue weighted by atomic mass is 15.1. The summed E-state index contributed by atoms with van der Waals surface area (Å²) >= 11 is 0. The molecule has 0 unspecified atom stereocenters. The number of nitriles is 2. The van der Waals surface area contributed by atoms with Crippen molar-refractivity contribution in [3.8, 4) is 23.3 Å². The molecule has 20 heavy (non-hydrogen) atoms. The lowest BCUT2D eigenvalue weighted by Gasteiger charge is -1.96. The van der Waals surface area contributed by atoms with Crippen molar-refractivity contribution < 1.29 is 0 Å². The van der Waals surface area contributed by atoms with Crippen LogP contribution >= 0.6 is 0 Å². The second-order valence-corrected chi connectivity index (χ2v) is 4.17. The third kappa shape index (κ3) is 1.55. The maximum atomic E-state index is 9.05. The summed E-state index contributed by atoms with van der Waals surface area (Å²) in [4.78, 5) is 11.0. The smallest absolute Gasteiger partial charge is 0.200 e. The fourth-order valence-corrected chi connectivity index (χ4v) is 2.10. The van der Waals surface area contributed by atoms with Gasteiger partial charge < -0.3 is 10.7 Å². The van der Waals surface area contributed by atoms with Gasteiger partial charge in [0.05, 0.1) is 22.0 Å². The second-order valence-electron chi connectivity index (χ2n) is 4.17. The summed E-state index contributed by atoms with van der Waals surface area (Å²) in [5, 5.41) is 26.2. The van der Waals surface area contributed by atoms with Gasteiger partial charge in [0, 0.05) is 11.8 Å². The number of imidazole rings is 1. The molecule has 0 saturated carbocycles. The largest absolute Gasteiger partial charge is 0.369 e. The van der Waals surface area contributed by atoms with Crippen molar-refractivity contribution in [3.05, 3.63) is 34.8 Å². The first-order chi connectivity index (χ1) is 9.63. The van der Waals surface area contributed by atoms with Crippen LogP contribution in [0, 0.1) is 28.1 Å². The summed E-state index contributed by atoms with van der Waals surface area (Å²) in [6, 6.07) is 7.10. The van der Waals surface area contributed by atoms with E-state index in [-0.39, 0.29) is 16.9 Å². The maximum Gasteiger partial charge on any atom is 0.200 e. The van der Waals surface area contributed by atoms with Crippen LogP contribution in [0.4, 0.5) is 5.95 Å². The van der Waals surface area contributed by atoms with Crippen LogP contribution in [0.3, 0.4) is 0 Å². The molecule has 0 saturated heterocycles. The summed E-state index contributed by atoms with van der Waals surface area (Å²) in [5.74, 6) is 0.164. The number of nitrogen functional groups attached to an aromatic ring is 1. The highest BCUT2D eigenvalue weighted by Crippen LogP contribution is 2.26. The molecule has 0 amide bonds. The van der Waals surface area contributed by atoms with Gasteiger partial charge in [-0.3, -0.25) is 5.41 Å². The Morgan fingerprint density at radius 2 is 2.05 bits per heavy atom. The average molecular weight is 261 g/mol. The van der Waals surface area contributed by atoms with Crippen LogP contribution in [-0.4, -0.2) is 15.0 Å². The lowest BCUT2D eigenvalue weighted by atomic mass is 10.1. The molecule has 0 bridgehead atoms. The van der Waals surface area contributed by atoms with E-state index in [0.717, 1.165) is 0 Å². The van der Waals surface area contributed by atoms with Gasteiger partial charge >= 0.3 is 0 Å². The van der Waals surface area contributed by atoms with E-state index in [4.69, 9.17) is 21.7 Å². The molecule has 7 heteroatoms. The minimum Gasteiger partial charge on any atom is -0.369 e. The lowest BCUT2D eigenvalue weighted by Crippen LogP contribution is -2.01. The number of aromatic nitrogens is 3. The van der Waals surface area contributed by atoms with E-state index in [0.29, 0.717) is 27.9 Å². The third-order valence-electron chi connectivity index (χ3n) is 2.95. The molecule has 1 aromatic rings. The first-order valence-corrected chi connectivity index (χ1v) is 5.61. The SMILES string of the molecule is N#Cc1cnc2nc(N)[nH]c2c2c(=N)c(C#N)cc-2c1. The van der Waals surface area contributed by atoms with Crippen LogP contribution in [0.1, 0.15) is 11.1 Å². The minimum absolute atomic E-state index is 0.0676. The van der Waals surface area contributed by atoms with Crippen LogP contribution in [0.25, 0.3) is 22.3 Å². The zero-order valence-electron chi connectivity index (χ0n) is 10.1. The van der Waals surface area contributed by atoms with Crippen LogP contribution in [0.5, 0.6) is 0 Å². The molecule has 4 N–H and O–H groups in total. The van der Waals surface area contributed by atoms with Crippen LogP contribution < -0.4 is 11.1 Å². The number of nitrogens with two attached hydrogens (primary N) is 1. The van der Waals surface area contributed by atoms with Gasteiger partial charge in [-0.15, -0.1) is 0 Å². The predicted octanol–water partition coefficient (Wildman–Crippen LogP) is 0.868. The van der Waals surface area contributed by atoms with Gasteiger partial charge in [-0.25, -0.2) is 4.98 Å². The molecule has 3 rings (SSSR count). The number of hydrogen-bond acceptors (Lipinski definition) is 6. The Labute approximate surface area is 112 Å². The van der Waals surface area contributed by atoms with Gasteiger partial charge in [0.1, 0.15) is 12.1 Å². The highest BCUT2D eigenvalue weighted by Gasteiger charge is 2.16. The molecule has 1 aliphatic heterocycles. The summed E-state index contributed by atoms with van der Waals surface area (Å²) in [7, 11) is 0. The zero-order valence-corrected chi connectivity index (χ0v) is 10.1. The summed E-state index contributed by atoms with van der Waals surface area (Å²) in [5.41, 5.74) is 8.02. The van der Waals surface area contributed by atoms with Gasteiger partial charge in [0.2, 0.25) is 0 Å². The zero-order chi connectivity index (χ0) is 14.3. The topological polar surface area (TPSA) is 139 Å². The molecule has 0 spiro atoms. The van der Waals surface area contributed by atoms with Crippen molar-refractivity contribution in [2.45, 2.75) is 0 Å². The van der Waals surface area contributed by atoms with E-state index in [1.807, 2.05) is 12.1 Å². The van der Waals surface area contributed by atoms with Gasteiger partial charge in [0.15, 0.2) is 11.6 Å². The van der Waals surface area contributed by atoms with E-state index < -0.39 is 0 Å². The number of nitrogens with zero attached hydrogens (tertiary/aromatic N) is 4. The molecule has 94 valence electrons. The van der Waals surface area contributed by atoms with Crippen molar-refractivity contribution in [1.29, 1.82) is 15.9 Å². The average Bonchev–Trinajstić information content (AvgIpc) is 2.92. The number of aromatic amines is 1. The number of H-pyrrole nitrogens is 1. The molecule has 2 aliphatic rings. The Balaban J connectivity index is 2.62. The quantitative estimate of drug-likeness (QED) is 0.550. The molecule has 0 aromatic carbocycles. The summed E-state index contributed by atoms with van der Waals surface area (Å²) < 4.78 is 0. The van der Waals surface area contributed by atoms with E-state index in [2.05, 4.69) is 15.0 Å². The van der Waals surface area contributed by atoms with Crippen molar-refractivity contribution in [2.75, 3.05) is 5.73 Å². The predicted molar refractivity (Wildman–Crippen MR) is 70.2 cm³/mol. The molecule has 7 nitrogen and oxygen atoms in total. The third-order valence-corrected chi connectivity index (χ3v) is 2.95. The normalized spacial score (nSPS) is 10.3. The standard InChI is InChI=1S/C13H7N7/c14-3-6-1-7-2-8(4-15)10(16)9(7)11-12(18-5-6)20-13(17)19-11/h1-2,5,16H,(H3,17,18,19,20). The summed E-state index contributed by atoms with van der Waals surface area (Å²) in [6.45, 7) is 0. The van der Waals surface area contributed by atoms with Crippen LogP contribution in [0.15, 0.2) is 18.3 Å². The van der Waals surface area contributed by atoms with E-state index in [1.165, 1.54) is 6.20 Å². The fraction of sp³-hybridized carbons (Fsp3) is 0. The Kier molecular flexibility index (Phi) is 2.35.